The molecular formula is C11H11NO6S. The molecule has 102 valence electrons. The first-order chi connectivity index (χ1) is 8.95. The summed E-state index contributed by atoms with van der Waals surface area (Å²) < 4.78 is 4.45. The number of hydrogen-bond acceptors (Lipinski definition) is 6. The molecule has 19 heavy (non-hydrogen) atoms. The third-order valence-corrected chi connectivity index (χ3v) is 3.26. The molecule has 0 saturated heterocycles. The van der Waals surface area contributed by atoms with Crippen LogP contribution in [0.25, 0.3) is 0 Å². The number of ether oxygens (including phenoxy) is 1. The Bertz CT molecular complexity index is 516. The number of benzene rings is 1. The van der Waals surface area contributed by atoms with Crippen molar-refractivity contribution in [3.8, 4) is 0 Å². The molecule has 0 unspecified atom stereocenters. The van der Waals surface area contributed by atoms with Gasteiger partial charge in [0.05, 0.1) is 28.9 Å². The van der Waals surface area contributed by atoms with Crippen LogP contribution in [0.2, 0.25) is 0 Å². The standard InChI is InChI=1S/C11H11NO6S/c1-18-10(13)4-5-19-9-3-2-7(11(14)15)6-8(9)12(16)17/h2-3,6H,4-5H2,1H3,(H,14,15). The number of hydrogen-bond donors (Lipinski definition) is 1. The molecule has 0 aromatic heterocycles. The lowest BCUT2D eigenvalue weighted by molar-refractivity contribution is -0.387. The highest BCUT2D eigenvalue weighted by Gasteiger charge is 2.17. The average molecular weight is 285 g/mol. The molecule has 0 spiro atoms. The zero-order chi connectivity index (χ0) is 14.4. The van der Waals surface area contributed by atoms with Crippen molar-refractivity contribution in [2.24, 2.45) is 0 Å². The van der Waals surface area contributed by atoms with Crippen LogP contribution in [0.1, 0.15) is 16.8 Å². The Balaban J connectivity index is 2.85. The van der Waals surface area contributed by atoms with Crippen LogP contribution >= 0.6 is 11.8 Å². The van der Waals surface area contributed by atoms with Crippen molar-refractivity contribution in [2.45, 2.75) is 11.3 Å². The van der Waals surface area contributed by atoms with E-state index < -0.39 is 16.9 Å². The van der Waals surface area contributed by atoms with E-state index in [0.29, 0.717) is 10.6 Å². The van der Waals surface area contributed by atoms with E-state index in [1.165, 1.54) is 19.2 Å². The third-order valence-electron chi connectivity index (χ3n) is 2.19. The minimum atomic E-state index is -1.23. The number of methoxy groups -OCH3 is 1. The number of nitro benzene ring substituents is 1. The molecule has 0 aliphatic carbocycles. The normalized spacial score (nSPS) is 9.95. The van der Waals surface area contributed by atoms with Crippen molar-refractivity contribution in [1.29, 1.82) is 0 Å². The average Bonchev–Trinajstić information content (AvgIpc) is 2.38. The van der Waals surface area contributed by atoms with Gasteiger partial charge in [0.25, 0.3) is 5.69 Å². The van der Waals surface area contributed by atoms with E-state index in [-0.39, 0.29) is 17.7 Å². The van der Waals surface area contributed by atoms with Crippen molar-refractivity contribution in [1.82, 2.24) is 0 Å². The Morgan fingerprint density at radius 3 is 2.68 bits per heavy atom. The molecule has 7 nitrogen and oxygen atoms in total. The molecule has 0 aliphatic heterocycles. The Labute approximate surface area is 112 Å². The highest BCUT2D eigenvalue weighted by atomic mass is 32.2. The number of nitro groups is 1. The van der Waals surface area contributed by atoms with Gasteiger partial charge in [-0.15, -0.1) is 11.8 Å². The molecule has 0 atom stereocenters. The van der Waals surface area contributed by atoms with Crippen LogP contribution in [0.3, 0.4) is 0 Å². The molecule has 0 saturated carbocycles. The Morgan fingerprint density at radius 2 is 2.16 bits per heavy atom. The summed E-state index contributed by atoms with van der Waals surface area (Å²) in [4.78, 5) is 32.2. The molecule has 0 fully saturated rings. The van der Waals surface area contributed by atoms with E-state index in [1.54, 1.807) is 0 Å². The highest BCUT2D eigenvalue weighted by Crippen LogP contribution is 2.30. The van der Waals surface area contributed by atoms with Crippen LogP contribution in [-0.2, 0) is 9.53 Å². The number of carbonyl (C=O) groups is 2. The number of rotatable bonds is 6. The number of thioether (sulfide) groups is 1. The summed E-state index contributed by atoms with van der Waals surface area (Å²) >= 11 is 1.10. The quantitative estimate of drug-likeness (QED) is 0.368. The van der Waals surface area contributed by atoms with Gasteiger partial charge in [0.1, 0.15) is 0 Å². The molecule has 1 N–H and O–H groups in total. The second-order valence-electron chi connectivity index (χ2n) is 3.42. The Morgan fingerprint density at radius 1 is 1.47 bits per heavy atom. The maximum Gasteiger partial charge on any atom is 0.335 e. The van der Waals surface area contributed by atoms with Crippen LogP contribution in [0.4, 0.5) is 5.69 Å². The molecule has 1 rings (SSSR count). The van der Waals surface area contributed by atoms with Gasteiger partial charge in [-0.3, -0.25) is 14.9 Å². The highest BCUT2D eigenvalue weighted by molar-refractivity contribution is 7.99. The minimum absolute atomic E-state index is 0.124. The van der Waals surface area contributed by atoms with Gasteiger partial charge in [0, 0.05) is 11.8 Å². The van der Waals surface area contributed by atoms with Gasteiger partial charge in [-0.25, -0.2) is 4.79 Å². The van der Waals surface area contributed by atoms with Gasteiger partial charge in [0.15, 0.2) is 0 Å². The number of esters is 1. The maximum absolute atomic E-state index is 10.9. The molecule has 1 aromatic carbocycles. The summed E-state index contributed by atoms with van der Waals surface area (Å²) in [7, 11) is 1.26. The third kappa shape index (κ3) is 4.25. The number of nitrogens with zero attached hydrogens (tertiary/aromatic N) is 1. The number of carbonyl (C=O) groups excluding carboxylic acids is 1. The predicted molar refractivity (Wildman–Crippen MR) is 67.4 cm³/mol. The maximum atomic E-state index is 10.9. The van der Waals surface area contributed by atoms with Crippen molar-refractivity contribution in [3.05, 3.63) is 33.9 Å². The lowest BCUT2D eigenvalue weighted by Gasteiger charge is -2.03. The smallest absolute Gasteiger partial charge is 0.335 e. The monoisotopic (exact) mass is 285 g/mol. The van der Waals surface area contributed by atoms with Crippen molar-refractivity contribution in [3.63, 3.8) is 0 Å². The van der Waals surface area contributed by atoms with Crippen LogP contribution in [0.5, 0.6) is 0 Å². The summed E-state index contributed by atoms with van der Waals surface area (Å²) in [5.74, 6) is -1.31. The van der Waals surface area contributed by atoms with E-state index in [0.717, 1.165) is 17.8 Å². The number of aromatic carboxylic acids is 1. The van der Waals surface area contributed by atoms with Gasteiger partial charge >= 0.3 is 11.9 Å². The van der Waals surface area contributed by atoms with E-state index >= 15 is 0 Å². The first kappa shape index (κ1) is 15.0. The van der Waals surface area contributed by atoms with E-state index in [4.69, 9.17) is 5.11 Å². The Kier molecular flexibility index (Phi) is 5.31. The molecule has 0 bridgehead atoms. The summed E-state index contributed by atoms with van der Waals surface area (Å²) in [6, 6.07) is 3.65. The molecule has 0 heterocycles. The zero-order valence-corrected chi connectivity index (χ0v) is 10.8. The number of carboxylic acid groups (broad SMARTS) is 1. The van der Waals surface area contributed by atoms with E-state index in [9.17, 15) is 19.7 Å². The summed E-state index contributed by atoms with van der Waals surface area (Å²) in [6.07, 6.45) is 0.124. The second-order valence-corrected chi connectivity index (χ2v) is 4.56. The van der Waals surface area contributed by atoms with Crippen molar-refractivity contribution < 1.29 is 24.4 Å². The topological polar surface area (TPSA) is 107 Å². The van der Waals surface area contributed by atoms with Crippen LogP contribution < -0.4 is 0 Å². The van der Waals surface area contributed by atoms with Gasteiger partial charge in [-0.05, 0) is 12.1 Å². The van der Waals surface area contributed by atoms with E-state index in [1.807, 2.05) is 0 Å². The fraction of sp³-hybridized carbons (Fsp3) is 0.273. The van der Waals surface area contributed by atoms with E-state index in [2.05, 4.69) is 4.74 Å². The molecule has 1 aromatic rings. The van der Waals surface area contributed by atoms with Gasteiger partial charge in [-0.2, -0.15) is 0 Å². The zero-order valence-electron chi connectivity index (χ0n) is 9.99. The lowest BCUT2D eigenvalue weighted by Crippen LogP contribution is -2.02. The van der Waals surface area contributed by atoms with Gasteiger partial charge in [-0.1, -0.05) is 0 Å². The molecule has 0 radical (unpaired) electrons. The first-order valence-corrected chi connectivity index (χ1v) is 6.15. The second kappa shape index (κ2) is 6.74. The number of carboxylic acids is 1. The fourth-order valence-corrected chi connectivity index (χ4v) is 2.20. The van der Waals surface area contributed by atoms with Crippen LogP contribution in [0.15, 0.2) is 23.1 Å². The lowest BCUT2D eigenvalue weighted by atomic mass is 10.2. The van der Waals surface area contributed by atoms with Gasteiger partial charge in [0.2, 0.25) is 0 Å². The summed E-state index contributed by atoms with van der Waals surface area (Å²) in [6.45, 7) is 0. The molecular weight excluding hydrogens is 274 g/mol. The molecule has 8 heteroatoms. The molecule has 0 amide bonds. The first-order valence-electron chi connectivity index (χ1n) is 5.17. The largest absolute Gasteiger partial charge is 0.478 e. The minimum Gasteiger partial charge on any atom is -0.478 e. The summed E-state index contributed by atoms with van der Waals surface area (Å²) in [5.41, 5.74) is -0.432. The van der Waals surface area contributed by atoms with Crippen LogP contribution in [0, 0.1) is 10.1 Å². The SMILES string of the molecule is COC(=O)CCSc1ccc(C(=O)O)cc1[N+](=O)[O-]. The fourth-order valence-electron chi connectivity index (χ4n) is 1.26. The van der Waals surface area contributed by atoms with Crippen molar-refractivity contribution >= 4 is 29.4 Å². The Hall–Kier alpha value is -2.09. The molecule has 0 aliphatic rings. The van der Waals surface area contributed by atoms with Gasteiger partial charge < -0.3 is 9.84 Å². The van der Waals surface area contributed by atoms with Crippen molar-refractivity contribution in [2.75, 3.05) is 12.9 Å². The predicted octanol–water partition coefficient (Wildman–Crippen LogP) is 1.95. The summed E-state index contributed by atoms with van der Waals surface area (Å²) in [5, 5.41) is 19.6. The van der Waals surface area contributed by atoms with Crippen LogP contribution in [-0.4, -0.2) is 34.8 Å².